The Morgan fingerprint density at radius 2 is 1.87 bits per heavy atom. The first-order chi connectivity index (χ1) is 18.0. The highest BCUT2D eigenvalue weighted by Gasteiger charge is 2.34. The van der Waals surface area contributed by atoms with Crippen molar-refractivity contribution >= 4 is 17.4 Å². The first-order valence-electron chi connectivity index (χ1n) is 11.9. The van der Waals surface area contributed by atoms with Crippen LogP contribution >= 0.6 is 0 Å². The molecule has 0 aliphatic carbocycles. The Balaban J connectivity index is 1.65. The van der Waals surface area contributed by atoms with Gasteiger partial charge in [0.25, 0.3) is 5.69 Å². The molecular weight excluding hydrogens is 513 g/mol. The van der Waals surface area contributed by atoms with Crippen molar-refractivity contribution in [3.05, 3.63) is 56.5 Å². The number of aryl methyl sites for hydroxylation is 1. The minimum Gasteiger partial charge on any atom is -0.379 e. The van der Waals surface area contributed by atoms with E-state index in [-0.39, 0.29) is 36.9 Å². The molecule has 0 bridgehead atoms. The molecule has 1 aromatic heterocycles. The Hall–Kier alpha value is -3.40. The number of rotatable bonds is 8. The summed E-state index contributed by atoms with van der Waals surface area (Å²) in [6.07, 6.45) is -5.83. The molecule has 15 heteroatoms. The number of carbonyl (C=O) groups excluding carboxylic acids is 1. The standard InChI is InChI=1S/C23H27F3N6O6/c1-13(15-9-16(23(24,25)26)11-17(10-15)32(34)35)27-21-20(22-37-7-8-38-22)18(28-14(2)29-21)12-19(33)30-31-3-5-36-6-4-31/h9-11,13,22H,3-8,12H2,1-2H3,(H,30,33)(H,27,28,29). The quantitative estimate of drug-likeness (QED) is 0.379. The highest BCUT2D eigenvalue weighted by atomic mass is 19.4. The van der Waals surface area contributed by atoms with E-state index in [9.17, 15) is 28.1 Å². The topological polar surface area (TPSA) is 141 Å². The van der Waals surface area contributed by atoms with Crippen LogP contribution in [-0.2, 0) is 31.6 Å². The third-order valence-electron chi connectivity index (χ3n) is 5.95. The summed E-state index contributed by atoms with van der Waals surface area (Å²) in [6.45, 7) is 5.76. The number of hydrazine groups is 1. The van der Waals surface area contributed by atoms with Crippen LogP contribution in [0.4, 0.5) is 24.7 Å². The van der Waals surface area contributed by atoms with Crippen molar-refractivity contribution in [3.8, 4) is 0 Å². The molecule has 1 aromatic carbocycles. The number of nitrogens with one attached hydrogen (secondary N) is 2. The molecule has 0 spiro atoms. The van der Waals surface area contributed by atoms with E-state index in [4.69, 9.17) is 14.2 Å². The minimum atomic E-state index is -4.77. The molecule has 2 N–H and O–H groups in total. The Kier molecular flexibility index (Phi) is 8.40. The molecular formula is C23H27F3N6O6. The molecule has 2 aromatic rings. The van der Waals surface area contributed by atoms with E-state index in [2.05, 4.69) is 20.7 Å². The van der Waals surface area contributed by atoms with Crippen LogP contribution in [0.25, 0.3) is 0 Å². The summed E-state index contributed by atoms with van der Waals surface area (Å²) >= 11 is 0. The second kappa shape index (κ2) is 11.6. The number of alkyl halides is 3. The fourth-order valence-electron chi connectivity index (χ4n) is 4.14. The van der Waals surface area contributed by atoms with E-state index >= 15 is 0 Å². The number of benzene rings is 1. The highest BCUT2D eigenvalue weighted by molar-refractivity contribution is 5.78. The van der Waals surface area contributed by atoms with E-state index in [1.165, 1.54) is 0 Å². The van der Waals surface area contributed by atoms with Gasteiger partial charge in [-0.25, -0.2) is 15.0 Å². The fourth-order valence-corrected chi connectivity index (χ4v) is 4.14. The van der Waals surface area contributed by atoms with Gasteiger partial charge in [-0.05, 0) is 25.5 Å². The number of hydrogen-bond donors (Lipinski definition) is 2. The van der Waals surface area contributed by atoms with Crippen LogP contribution in [-0.4, -0.2) is 65.3 Å². The monoisotopic (exact) mass is 540 g/mol. The number of nitro groups is 1. The Labute approximate surface area is 215 Å². The summed E-state index contributed by atoms with van der Waals surface area (Å²) in [5.41, 5.74) is 1.65. The van der Waals surface area contributed by atoms with Crippen LogP contribution in [0.1, 0.15) is 47.5 Å². The molecule has 1 unspecified atom stereocenters. The zero-order valence-corrected chi connectivity index (χ0v) is 20.7. The molecule has 1 amide bonds. The molecule has 0 radical (unpaired) electrons. The lowest BCUT2D eigenvalue weighted by molar-refractivity contribution is -0.385. The first kappa shape index (κ1) is 27.6. The summed E-state index contributed by atoms with van der Waals surface area (Å²) in [7, 11) is 0. The maximum absolute atomic E-state index is 13.4. The molecule has 2 fully saturated rings. The van der Waals surface area contributed by atoms with Crippen LogP contribution in [0.2, 0.25) is 0 Å². The molecule has 38 heavy (non-hydrogen) atoms. The second-order valence-corrected chi connectivity index (χ2v) is 8.80. The number of halogens is 3. The lowest BCUT2D eigenvalue weighted by Gasteiger charge is -2.27. The van der Waals surface area contributed by atoms with Crippen molar-refractivity contribution in [2.45, 2.75) is 38.8 Å². The van der Waals surface area contributed by atoms with E-state index < -0.39 is 34.7 Å². The number of morpholine rings is 1. The molecule has 4 rings (SSSR count). The average molecular weight is 540 g/mol. The Bertz CT molecular complexity index is 1180. The molecule has 206 valence electrons. The second-order valence-electron chi connectivity index (χ2n) is 8.80. The van der Waals surface area contributed by atoms with Gasteiger partial charge >= 0.3 is 6.18 Å². The van der Waals surface area contributed by atoms with Crippen molar-refractivity contribution in [2.24, 2.45) is 0 Å². The largest absolute Gasteiger partial charge is 0.416 e. The van der Waals surface area contributed by atoms with Crippen LogP contribution < -0.4 is 10.7 Å². The fraction of sp³-hybridized carbons (Fsp3) is 0.522. The number of amides is 1. The predicted molar refractivity (Wildman–Crippen MR) is 126 cm³/mol. The SMILES string of the molecule is Cc1nc(CC(=O)NN2CCOCC2)c(C2OCCO2)c(NC(C)c2cc([N+](=O)[O-])cc(C(F)(F)F)c2)n1. The molecule has 3 heterocycles. The number of nitro benzene ring substituents is 1. The van der Waals surface area contributed by atoms with Gasteiger partial charge in [-0.2, -0.15) is 13.2 Å². The van der Waals surface area contributed by atoms with E-state index in [0.717, 1.165) is 12.1 Å². The molecule has 0 saturated carbocycles. The third-order valence-corrected chi connectivity index (χ3v) is 5.95. The van der Waals surface area contributed by atoms with Gasteiger partial charge in [0.2, 0.25) is 5.91 Å². The lowest BCUT2D eigenvalue weighted by Crippen LogP contribution is -2.49. The van der Waals surface area contributed by atoms with Crippen LogP contribution in [0.3, 0.4) is 0 Å². The molecule has 2 aliphatic rings. The van der Waals surface area contributed by atoms with Crippen LogP contribution in [0.5, 0.6) is 0 Å². The van der Waals surface area contributed by atoms with Gasteiger partial charge in [-0.15, -0.1) is 0 Å². The number of anilines is 1. The van der Waals surface area contributed by atoms with Gasteiger partial charge in [-0.1, -0.05) is 0 Å². The van der Waals surface area contributed by atoms with Gasteiger partial charge in [-0.3, -0.25) is 20.3 Å². The van der Waals surface area contributed by atoms with Crippen LogP contribution in [0, 0.1) is 17.0 Å². The van der Waals surface area contributed by atoms with E-state index in [1.54, 1.807) is 18.9 Å². The molecule has 1 atom stereocenters. The van der Waals surface area contributed by atoms with E-state index in [0.29, 0.717) is 49.5 Å². The zero-order chi connectivity index (χ0) is 27.4. The Morgan fingerprint density at radius 1 is 1.18 bits per heavy atom. The molecule has 2 aliphatic heterocycles. The van der Waals surface area contributed by atoms with Gasteiger partial charge in [0.05, 0.1) is 60.6 Å². The zero-order valence-electron chi connectivity index (χ0n) is 20.7. The van der Waals surface area contributed by atoms with Crippen molar-refractivity contribution in [1.82, 2.24) is 20.4 Å². The van der Waals surface area contributed by atoms with E-state index in [1.807, 2.05) is 0 Å². The number of aromatic nitrogens is 2. The molecule has 2 saturated heterocycles. The van der Waals surface area contributed by atoms with Crippen molar-refractivity contribution in [1.29, 1.82) is 0 Å². The first-order valence-corrected chi connectivity index (χ1v) is 11.9. The smallest absolute Gasteiger partial charge is 0.379 e. The highest BCUT2D eigenvalue weighted by Crippen LogP contribution is 2.36. The normalized spacial score (nSPS) is 17.8. The molecule has 12 nitrogen and oxygen atoms in total. The predicted octanol–water partition coefficient (Wildman–Crippen LogP) is 2.84. The van der Waals surface area contributed by atoms with Gasteiger partial charge in [0.15, 0.2) is 6.29 Å². The third kappa shape index (κ3) is 6.72. The maximum Gasteiger partial charge on any atom is 0.416 e. The summed E-state index contributed by atoms with van der Waals surface area (Å²) in [6, 6.07) is 1.56. The summed E-state index contributed by atoms with van der Waals surface area (Å²) in [4.78, 5) is 32.1. The van der Waals surface area contributed by atoms with Gasteiger partial charge in [0.1, 0.15) is 11.6 Å². The van der Waals surface area contributed by atoms with Gasteiger partial charge in [0, 0.05) is 25.2 Å². The average Bonchev–Trinajstić information content (AvgIpc) is 3.38. The van der Waals surface area contributed by atoms with Crippen molar-refractivity contribution in [2.75, 3.05) is 44.8 Å². The summed E-state index contributed by atoms with van der Waals surface area (Å²) in [5.74, 6) is 0.147. The van der Waals surface area contributed by atoms with Crippen molar-refractivity contribution in [3.63, 3.8) is 0 Å². The number of hydrogen-bond acceptors (Lipinski definition) is 10. The lowest BCUT2D eigenvalue weighted by atomic mass is 10.0. The van der Waals surface area contributed by atoms with Crippen LogP contribution in [0.15, 0.2) is 18.2 Å². The summed E-state index contributed by atoms with van der Waals surface area (Å²) < 4.78 is 56.9. The van der Waals surface area contributed by atoms with Crippen molar-refractivity contribution < 1.29 is 37.1 Å². The number of ether oxygens (including phenoxy) is 3. The van der Waals surface area contributed by atoms with Gasteiger partial charge < -0.3 is 19.5 Å². The number of carbonyl (C=O) groups is 1. The number of nitrogens with zero attached hydrogens (tertiary/aromatic N) is 4. The number of non-ortho nitro benzene ring substituents is 1. The summed E-state index contributed by atoms with van der Waals surface area (Å²) in [5, 5.41) is 16.1. The Morgan fingerprint density at radius 3 is 2.50 bits per heavy atom. The maximum atomic E-state index is 13.4. The minimum absolute atomic E-state index is 0.0219.